The Balaban J connectivity index is 2.19. The average molecular weight is 502 g/mol. The molecule has 1 unspecified atom stereocenters. The molecule has 2 amide bonds. The van der Waals surface area contributed by atoms with Crippen LogP contribution in [0.1, 0.15) is 55.9 Å². The second-order valence-corrected chi connectivity index (χ2v) is 11.5. The molecule has 0 fully saturated rings. The first-order valence-electron chi connectivity index (χ1n) is 12.0. The predicted molar refractivity (Wildman–Crippen MR) is 142 cm³/mol. The zero-order valence-corrected chi connectivity index (χ0v) is 22.8. The molecule has 0 radical (unpaired) electrons. The molecule has 0 bridgehead atoms. The van der Waals surface area contributed by atoms with Crippen molar-refractivity contribution in [3.05, 3.63) is 64.7 Å². The minimum Gasteiger partial charge on any atom is -0.352 e. The van der Waals surface area contributed by atoms with Crippen LogP contribution in [0.5, 0.6) is 0 Å². The maximum absolute atomic E-state index is 13.3. The Bertz CT molecular complexity index is 1110. The number of benzene rings is 2. The Morgan fingerprint density at radius 1 is 0.914 bits per heavy atom. The lowest BCUT2D eigenvalue weighted by atomic mass is 10.1. The smallest absolute Gasteiger partial charge is 0.242 e. The molecule has 0 spiro atoms. The normalized spacial score (nSPS) is 12.3. The van der Waals surface area contributed by atoms with E-state index in [9.17, 15) is 18.0 Å². The van der Waals surface area contributed by atoms with Crippen LogP contribution in [0.3, 0.4) is 0 Å². The molecule has 0 aliphatic rings. The fraction of sp³-hybridized carbons (Fsp3) is 0.481. The topological polar surface area (TPSA) is 86.8 Å². The zero-order chi connectivity index (χ0) is 26.3. The third kappa shape index (κ3) is 8.69. The summed E-state index contributed by atoms with van der Waals surface area (Å²) in [5.74, 6) is -0.403. The number of sulfonamides is 1. The summed E-state index contributed by atoms with van der Waals surface area (Å²) < 4.78 is 26.4. The van der Waals surface area contributed by atoms with E-state index in [0.717, 1.165) is 22.3 Å². The summed E-state index contributed by atoms with van der Waals surface area (Å²) in [7, 11) is -3.52. The van der Waals surface area contributed by atoms with Crippen LogP contribution in [0.2, 0.25) is 0 Å². The molecule has 2 aromatic rings. The molecular formula is C27H39N3O4S. The first-order chi connectivity index (χ1) is 16.3. The summed E-state index contributed by atoms with van der Waals surface area (Å²) in [6.45, 7) is 11.8. The molecule has 192 valence electrons. The lowest BCUT2D eigenvalue weighted by Gasteiger charge is -2.30. The van der Waals surface area contributed by atoms with E-state index in [-0.39, 0.29) is 30.8 Å². The van der Waals surface area contributed by atoms with Crippen molar-refractivity contribution >= 4 is 27.5 Å². The molecule has 7 nitrogen and oxygen atoms in total. The van der Waals surface area contributed by atoms with Gasteiger partial charge in [0.2, 0.25) is 21.8 Å². The van der Waals surface area contributed by atoms with Crippen LogP contribution in [0.25, 0.3) is 0 Å². The molecule has 2 aromatic carbocycles. The van der Waals surface area contributed by atoms with Gasteiger partial charge in [0.05, 0.1) is 11.9 Å². The van der Waals surface area contributed by atoms with Crippen LogP contribution < -0.4 is 9.62 Å². The van der Waals surface area contributed by atoms with E-state index in [4.69, 9.17) is 0 Å². The molecule has 1 atom stereocenters. The van der Waals surface area contributed by atoms with Crippen LogP contribution in [0.4, 0.5) is 5.69 Å². The highest BCUT2D eigenvalue weighted by molar-refractivity contribution is 7.92. The SMILES string of the molecule is Cc1ccc(CN(C(=O)CCCN(c2cc(C)cc(C)c2)S(C)(=O)=O)C(C)C(=O)NC(C)C)cc1. The Hall–Kier alpha value is -2.87. The van der Waals surface area contributed by atoms with Crippen molar-refractivity contribution in [1.29, 1.82) is 0 Å². The molecule has 8 heteroatoms. The van der Waals surface area contributed by atoms with Crippen molar-refractivity contribution in [3.8, 4) is 0 Å². The first kappa shape index (κ1) is 28.4. The van der Waals surface area contributed by atoms with Crippen LogP contribution in [0.15, 0.2) is 42.5 Å². The van der Waals surface area contributed by atoms with E-state index in [2.05, 4.69) is 5.32 Å². The largest absolute Gasteiger partial charge is 0.352 e. The van der Waals surface area contributed by atoms with E-state index in [1.807, 2.05) is 77.1 Å². The van der Waals surface area contributed by atoms with Crippen molar-refractivity contribution in [1.82, 2.24) is 10.2 Å². The number of rotatable bonds is 11. The van der Waals surface area contributed by atoms with Crippen LogP contribution in [-0.2, 0) is 26.2 Å². The third-order valence-electron chi connectivity index (χ3n) is 5.72. The van der Waals surface area contributed by atoms with Crippen LogP contribution >= 0.6 is 0 Å². The number of amides is 2. The van der Waals surface area contributed by atoms with Crippen LogP contribution in [-0.4, -0.2) is 50.0 Å². The van der Waals surface area contributed by atoms with Gasteiger partial charge in [0, 0.05) is 25.6 Å². The summed E-state index contributed by atoms with van der Waals surface area (Å²) in [4.78, 5) is 27.6. The highest BCUT2D eigenvalue weighted by atomic mass is 32.2. The minimum atomic E-state index is -3.52. The van der Waals surface area contributed by atoms with E-state index in [1.54, 1.807) is 11.8 Å². The summed E-state index contributed by atoms with van der Waals surface area (Å²) in [6.07, 6.45) is 1.64. The van der Waals surface area contributed by atoms with Gasteiger partial charge >= 0.3 is 0 Å². The van der Waals surface area contributed by atoms with Gasteiger partial charge in [-0.25, -0.2) is 8.42 Å². The maximum Gasteiger partial charge on any atom is 0.242 e. The van der Waals surface area contributed by atoms with Crippen LogP contribution in [0, 0.1) is 20.8 Å². The highest BCUT2D eigenvalue weighted by Gasteiger charge is 2.27. The van der Waals surface area contributed by atoms with E-state index >= 15 is 0 Å². The molecule has 2 rings (SSSR count). The molecule has 0 aromatic heterocycles. The molecular weight excluding hydrogens is 462 g/mol. The average Bonchev–Trinajstić information content (AvgIpc) is 2.73. The Labute approximate surface area is 210 Å². The predicted octanol–water partition coefficient (Wildman–Crippen LogP) is 4.10. The molecule has 1 N–H and O–H groups in total. The van der Waals surface area contributed by atoms with Crippen molar-refractivity contribution < 1.29 is 18.0 Å². The molecule has 35 heavy (non-hydrogen) atoms. The molecule has 0 aliphatic carbocycles. The monoisotopic (exact) mass is 501 g/mol. The van der Waals surface area contributed by atoms with Crippen molar-refractivity contribution in [2.24, 2.45) is 0 Å². The second-order valence-electron chi connectivity index (χ2n) is 9.63. The van der Waals surface area contributed by atoms with Gasteiger partial charge in [-0.1, -0.05) is 35.9 Å². The number of hydrogen-bond acceptors (Lipinski definition) is 4. The number of nitrogens with zero attached hydrogens (tertiary/aromatic N) is 2. The Morgan fingerprint density at radius 2 is 1.49 bits per heavy atom. The standard InChI is InChI=1S/C27H39N3O4S/c1-19(2)28-27(32)23(6)29(18-24-12-10-20(3)11-13-24)26(31)9-8-14-30(35(7,33)34)25-16-21(4)15-22(5)17-25/h10-13,15-17,19,23H,8-9,14,18H2,1-7H3,(H,28,32). The van der Waals surface area contributed by atoms with Crippen molar-refractivity contribution in [2.75, 3.05) is 17.1 Å². The van der Waals surface area contributed by atoms with E-state index in [1.165, 1.54) is 10.6 Å². The number of anilines is 1. The number of carbonyl (C=O) groups is 2. The van der Waals surface area contributed by atoms with E-state index in [0.29, 0.717) is 18.7 Å². The second kappa shape index (κ2) is 12.2. The fourth-order valence-corrected chi connectivity index (χ4v) is 4.93. The third-order valence-corrected chi connectivity index (χ3v) is 6.91. The van der Waals surface area contributed by atoms with Gasteiger partial charge in [0.25, 0.3) is 0 Å². The van der Waals surface area contributed by atoms with Gasteiger partial charge in [0.15, 0.2) is 0 Å². The van der Waals surface area contributed by atoms with Gasteiger partial charge in [-0.3, -0.25) is 13.9 Å². The van der Waals surface area contributed by atoms with E-state index < -0.39 is 16.1 Å². The summed E-state index contributed by atoms with van der Waals surface area (Å²) in [5.41, 5.74) is 4.59. The van der Waals surface area contributed by atoms with Gasteiger partial charge in [0.1, 0.15) is 6.04 Å². The Morgan fingerprint density at radius 3 is 2.00 bits per heavy atom. The Kier molecular flexibility index (Phi) is 9.89. The number of nitrogens with one attached hydrogen (secondary N) is 1. The van der Waals surface area contributed by atoms with Crippen molar-refractivity contribution in [2.45, 2.75) is 73.0 Å². The molecule has 0 saturated heterocycles. The minimum absolute atomic E-state index is 0.0395. The molecule has 0 aliphatic heterocycles. The van der Waals surface area contributed by atoms with Gasteiger partial charge < -0.3 is 10.2 Å². The fourth-order valence-electron chi connectivity index (χ4n) is 3.98. The quantitative estimate of drug-likeness (QED) is 0.502. The molecule has 0 heterocycles. The first-order valence-corrected chi connectivity index (χ1v) is 13.8. The zero-order valence-electron chi connectivity index (χ0n) is 22.0. The number of carbonyl (C=O) groups excluding carboxylic acids is 2. The van der Waals surface area contributed by atoms with Gasteiger partial charge in [-0.15, -0.1) is 0 Å². The number of hydrogen-bond donors (Lipinski definition) is 1. The van der Waals surface area contributed by atoms with Gasteiger partial charge in [-0.05, 0) is 76.8 Å². The molecule has 0 saturated carbocycles. The maximum atomic E-state index is 13.3. The summed E-state index contributed by atoms with van der Waals surface area (Å²) >= 11 is 0. The highest BCUT2D eigenvalue weighted by Crippen LogP contribution is 2.22. The lowest BCUT2D eigenvalue weighted by Crippen LogP contribution is -2.49. The van der Waals surface area contributed by atoms with Crippen molar-refractivity contribution in [3.63, 3.8) is 0 Å². The van der Waals surface area contributed by atoms with Gasteiger partial charge in [-0.2, -0.15) is 0 Å². The summed E-state index contributed by atoms with van der Waals surface area (Å²) in [5, 5.41) is 2.88. The lowest BCUT2D eigenvalue weighted by molar-refractivity contribution is -0.140. The number of aryl methyl sites for hydroxylation is 3. The summed E-state index contributed by atoms with van der Waals surface area (Å²) in [6, 6.07) is 12.8.